The van der Waals surface area contributed by atoms with Gasteiger partial charge >= 0.3 is 23.9 Å². The highest BCUT2D eigenvalue weighted by molar-refractivity contribution is 5.96. The number of carbonyl (C=O) groups excluding carboxylic acids is 6. The van der Waals surface area contributed by atoms with Gasteiger partial charge in [0.25, 0.3) is 5.91 Å². The summed E-state index contributed by atoms with van der Waals surface area (Å²) in [4.78, 5) is 124. The molecule has 0 radical (unpaired) electrons. The molecule has 328 valence electrons. The van der Waals surface area contributed by atoms with E-state index in [4.69, 9.17) is 10.2 Å². The fraction of sp³-hybridized carbons (Fsp3) is 0.579. The molecule has 0 heterocycles. The molecule has 6 amide bonds. The van der Waals surface area contributed by atoms with Gasteiger partial charge in [0, 0.05) is 19.3 Å². The second kappa shape index (κ2) is 25.3. The highest BCUT2D eigenvalue weighted by Gasteiger charge is 2.36. The molecule has 1 rings (SSSR count). The van der Waals surface area contributed by atoms with Crippen LogP contribution in [-0.2, 0) is 54.4 Å². The molecule has 0 unspecified atom stereocenters. The van der Waals surface area contributed by atoms with Crippen LogP contribution in [0.2, 0.25) is 0 Å². The van der Waals surface area contributed by atoms with E-state index in [9.17, 15) is 63.3 Å². The lowest BCUT2D eigenvalue weighted by Crippen LogP contribution is -2.60. The molecule has 59 heavy (non-hydrogen) atoms. The molecule has 1 aromatic rings. The second-order valence-electron chi connectivity index (χ2n) is 14.7. The first kappa shape index (κ1) is 50.9. The molecule has 1 aromatic carbocycles. The summed E-state index contributed by atoms with van der Waals surface area (Å²) in [6, 6.07) is -0.599. The van der Waals surface area contributed by atoms with E-state index >= 15 is 0 Å². The number of hydrogen-bond donors (Lipinski definition) is 11. The zero-order valence-corrected chi connectivity index (χ0v) is 33.6. The largest absolute Gasteiger partial charge is 0.481 e. The Balaban J connectivity index is 3.29. The third kappa shape index (κ3) is 19.7. The van der Waals surface area contributed by atoms with Gasteiger partial charge in [-0.15, -0.1) is 0 Å². The van der Waals surface area contributed by atoms with Crippen molar-refractivity contribution in [2.75, 3.05) is 0 Å². The van der Waals surface area contributed by atoms with E-state index in [1.165, 1.54) is 0 Å². The topological polar surface area (TPSA) is 344 Å². The average Bonchev–Trinajstić information content (AvgIpc) is 3.13. The summed E-state index contributed by atoms with van der Waals surface area (Å²) in [7, 11) is 0. The van der Waals surface area contributed by atoms with E-state index in [0.717, 1.165) is 6.92 Å². The van der Waals surface area contributed by atoms with Crippen molar-refractivity contribution in [3.05, 3.63) is 35.9 Å². The number of aliphatic carboxylic acids is 4. The lowest BCUT2D eigenvalue weighted by Gasteiger charge is -2.29. The van der Waals surface area contributed by atoms with E-state index < -0.39 is 127 Å². The second-order valence-corrected chi connectivity index (χ2v) is 14.7. The number of amides is 6. The van der Waals surface area contributed by atoms with Crippen molar-refractivity contribution in [2.45, 2.75) is 128 Å². The Morgan fingerprint density at radius 1 is 0.576 bits per heavy atom. The minimum atomic E-state index is -2.14. The van der Waals surface area contributed by atoms with E-state index in [0.29, 0.717) is 5.56 Å². The number of aliphatic hydroxyl groups excluding tert-OH is 1. The van der Waals surface area contributed by atoms with E-state index in [1.807, 2.05) is 0 Å². The van der Waals surface area contributed by atoms with Gasteiger partial charge in [0.05, 0.1) is 12.5 Å². The highest BCUT2D eigenvalue weighted by atomic mass is 16.4. The van der Waals surface area contributed by atoms with Crippen LogP contribution in [0, 0.1) is 11.8 Å². The molecule has 0 aliphatic carbocycles. The predicted molar refractivity (Wildman–Crippen MR) is 206 cm³/mol. The number of benzene rings is 1. The molecule has 7 atom stereocenters. The monoisotopic (exact) mass is 836 g/mol. The number of carboxylic acid groups (broad SMARTS) is 4. The first-order valence-electron chi connectivity index (χ1n) is 18.9. The SMILES string of the molecule is CC(C)C[C@H](NC(=O)[C@@H](NC(=O)CCCC(=O)O)C(C)C)C(=O)N[C@@H](Cc1ccccc1)[C@@H](O)C(=O)N[C@@H](CC(=O)O)C(=O)N[C@@H](C)C(=O)N[C@@H](CCC(=O)O)C(=O)O. The number of aliphatic hydroxyl groups is 1. The summed E-state index contributed by atoms with van der Waals surface area (Å²) in [6.45, 7) is 7.95. The summed E-state index contributed by atoms with van der Waals surface area (Å²) in [5, 5.41) is 62.0. The maximum atomic E-state index is 13.9. The van der Waals surface area contributed by atoms with Crippen LogP contribution in [0.3, 0.4) is 0 Å². The molecule has 0 fully saturated rings. The van der Waals surface area contributed by atoms with Crippen LogP contribution >= 0.6 is 0 Å². The molecule has 21 nitrogen and oxygen atoms in total. The molecule has 11 N–H and O–H groups in total. The minimum Gasteiger partial charge on any atom is -0.481 e. The van der Waals surface area contributed by atoms with Crippen molar-refractivity contribution < 1.29 is 73.5 Å². The number of hydrogen-bond acceptors (Lipinski definition) is 11. The third-order valence-electron chi connectivity index (χ3n) is 8.70. The highest BCUT2D eigenvalue weighted by Crippen LogP contribution is 2.13. The zero-order chi connectivity index (χ0) is 45.0. The zero-order valence-electron chi connectivity index (χ0n) is 33.6. The molecule has 0 spiro atoms. The molecule has 0 aliphatic heterocycles. The Bertz CT molecular complexity index is 1650. The van der Waals surface area contributed by atoms with Gasteiger partial charge in [-0.3, -0.25) is 43.2 Å². The van der Waals surface area contributed by atoms with Crippen LogP contribution in [0.15, 0.2) is 30.3 Å². The van der Waals surface area contributed by atoms with Crippen molar-refractivity contribution >= 4 is 59.3 Å². The third-order valence-corrected chi connectivity index (χ3v) is 8.70. The van der Waals surface area contributed by atoms with Crippen LogP contribution in [0.25, 0.3) is 0 Å². The predicted octanol–water partition coefficient (Wildman–Crippen LogP) is -1.10. The van der Waals surface area contributed by atoms with E-state index in [-0.39, 0.29) is 38.0 Å². The lowest BCUT2D eigenvalue weighted by molar-refractivity contribution is -0.144. The van der Waals surface area contributed by atoms with Gasteiger partial charge in [-0.2, -0.15) is 0 Å². The molecule has 0 aliphatic rings. The number of carbonyl (C=O) groups is 10. The Morgan fingerprint density at radius 3 is 1.66 bits per heavy atom. The van der Waals surface area contributed by atoms with Gasteiger partial charge < -0.3 is 57.4 Å². The summed E-state index contributed by atoms with van der Waals surface area (Å²) in [5.41, 5.74) is 0.530. The van der Waals surface area contributed by atoms with Crippen LogP contribution in [-0.4, -0.2) is 127 Å². The standard InChI is InChI=1S/C38H56N6O15/c1-19(2)16-25(42-36(56)31(20(3)4)44-27(45)12-9-13-28(46)47)35(55)41-24(17-22-10-7-6-8-11-22)32(52)37(57)43-26(18-30(50)51)34(54)39-21(5)33(53)40-23(38(58)59)14-15-29(48)49/h6-8,10-11,19-21,23-26,31-32,52H,9,12-18H2,1-5H3,(H,39,54)(H,40,53)(H,41,55)(H,42,56)(H,43,57)(H,44,45)(H,46,47)(H,48,49)(H,50,51)(H,58,59)/t21-,23-,24-,25-,26-,31-,32+/m0/s1. The Hall–Kier alpha value is -6.12. The smallest absolute Gasteiger partial charge is 0.326 e. The van der Waals surface area contributed by atoms with Gasteiger partial charge in [0.15, 0.2) is 6.10 Å². The first-order chi connectivity index (χ1) is 27.5. The van der Waals surface area contributed by atoms with Crippen molar-refractivity contribution in [1.82, 2.24) is 31.9 Å². The van der Waals surface area contributed by atoms with Crippen molar-refractivity contribution in [3.63, 3.8) is 0 Å². The number of carboxylic acids is 4. The quantitative estimate of drug-likeness (QED) is 0.0501. The summed E-state index contributed by atoms with van der Waals surface area (Å²) in [5.74, 6) is -11.9. The number of rotatable bonds is 27. The molecule has 0 aromatic heterocycles. The van der Waals surface area contributed by atoms with Gasteiger partial charge in [-0.1, -0.05) is 58.0 Å². The first-order valence-corrected chi connectivity index (χ1v) is 18.9. The van der Waals surface area contributed by atoms with Gasteiger partial charge in [-0.05, 0) is 50.0 Å². The van der Waals surface area contributed by atoms with E-state index in [2.05, 4.69) is 31.9 Å². The summed E-state index contributed by atoms with van der Waals surface area (Å²) < 4.78 is 0. The van der Waals surface area contributed by atoms with Crippen molar-refractivity contribution in [1.29, 1.82) is 0 Å². The molecular formula is C38H56N6O15. The summed E-state index contributed by atoms with van der Waals surface area (Å²) >= 11 is 0. The fourth-order valence-electron chi connectivity index (χ4n) is 5.56. The van der Waals surface area contributed by atoms with E-state index in [1.54, 1.807) is 58.0 Å². The minimum absolute atomic E-state index is 0.0370. The Morgan fingerprint density at radius 2 is 1.14 bits per heavy atom. The van der Waals surface area contributed by atoms with Crippen molar-refractivity contribution in [2.24, 2.45) is 11.8 Å². The molecule has 21 heteroatoms. The van der Waals surface area contributed by atoms with Crippen molar-refractivity contribution in [3.8, 4) is 0 Å². The van der Waals surface area contributed by atoms with Gasteiger partial charge in [0.2, 0.25) is 29.5 Å². The van der Waals surface area contributed by atoms with Crippen LogP contribution in [0.5, 0.6) is 0 Å². The normalized spacial score (nSPS) is 14.6. The average molecular weight is 837 g/mol. The Labute approximate surface area is 340 Å². The molecule has 0 saturated heterocycles. The maximum absolute atomic E-state index is 13.9. The fourth-order valence-corrected chi connectivity index (χ4v) is 5.56. The van der Waals surface area contributed by atoms with Crippen LogP contribution in [0.1, 0.15) is 85.1 Å². The van der Waals surface area contributed by atoms with Crippen LogP contribution < -0.4 is 31.9 Å². The Kier molecular flexibility index (Phi) is 21.8. The molecule has 0 bridgehead atoms. The lowest BCUT2D eigenvalue weighted by atomic mass is 9.97. The van der Waals surface area contributed by atoms with Crippen LogP contribution in [0.4, 0.5) is 0 Å². The van der Waals surface area contributed by atoms with Gasteiger partial charge in [-0.25, -0.2) is 4.79 Å². The molecule has 0 saturated carbocycles. The van der Waals surface area contributed by atoms with Gasteiger partial charge in [0.1, 0.15) is 30.2 Å². The maximum Gasteiger partial charge on any atom is 0.326 e. The molecular weight excluding hydrogens is 780 g/mol. The number of nitrogens with one attached hydrogen (secondary N) is 6. The summed E-state index contributed by atoms with van der Waals surface area (Å²) in [6.07, 6.45) is -4.74.